The van der Waals surface area contributed by atoms with Crippen LogP contribution in [0.15, 0.2) is 40.9 Å². The summed E-state index contributed by atoms with van der Waals surface area (Å²) < 4.78 is 41.8. The molecule has 0 bridgehead atoms. The summed E-state index contributed by atoms with van der Waals surface area (Å²) in [5.41, 5.74) is 1.23. The molecule has 0 aromatic heterocycles. The molecule has 0 saturated heterocycles. The van der Waals surface area contributed by atoms with Gasteiger partial charge in [-0.15, -0.1) is 0 Å². The van der Waals surface area contributed by atoms with Gasteiger partial charge < -0.3 is 10.1 Å². The Hall–Kier alpha value is -1.05. The lowest BCUT2D eigenvalue weighted by molar-refractivity contribution is -0.139. The lowest BCUT2D eigenvalue weighted by Gasteiger charge is -2.18. The van der Waals surface area contributed by atoms with Crippen molar-refractivity contribution >= 4 is 63.1 Å². The van der Waals surface area contributed by atoms with Crippen LogP contribution in [0.3, 0.4) is 0 Å². The van der Waals surface area contributed by atoms with Crippen molar-refractivity contribution in [3.05, 3.63) is 72.6 Å². The van der Waals surface area contributed by atoms with Gasteiger partial charge in [-0.05, 0) is 47.7 Å². The van der Waals surface area contributed by atoms with Gasteiger partial charge in [-0.25, -0.2) is 0 Å². The zero-order valence-corrected chi connectivity index (χ0v) is 19.9. The molecule has 2 aromatic rings. The van der Waals surface area contributed by atoms with Crippen LogP contribution in [-0.2, 0) is 11.3 Å². The molecule has 0 amide bonds. The summed E-state index contributed by atoms with van der Waals surface area (Å²) in [5.74, 6) is -1.89. The van der Waals surface area contributed by atoms with Crippen molar-refractivity contribution in [2.75, 3.05) is 6.54 Å². The molecule has 3 rings (SSSR count). The van der Waals surface area contributed by atoms with Crippen LogP contribution < -0.4 is 5.32 Å². The Kier molecular flexibility index (Phi) is 7.80. The zero-order valence-electron chi connectivity index (χ0n) is 16.1. The van der Waals surface area contributed by atoms with E-state index in [1.54, 1.807) is 12.1 Å². The zero-order chi connectivity index (χ0) is 22.8. The molecule has 2 aromatic carbocycles. The van der Waals surface area contributed by atoms with E-state index in [0.29, 0.717) is 18.7 Å². The van der Waals surface area contributed by atoms with Gasteiger partial charge in [-0.1, -0.05) is 75.0 Å². The van der Waals surface area contributed by atoms with Gasteiger partial charge in [0.15, 0.2) is 0 Å². The number of carbonyl (C=O) groups is 1. The first-order chi connectivity index (χ1) is 14.5. The van der Waals surface area contributed by atoms with E-state index in [-0.39, 0.29) is 26.0 Å². The Morgan fingerprint density at radius 2 is 1.77 bits per heavy atom. The molecule has 0 radical (unpaired) electrons. The van der Waals surface area contributed by atoms with Gasteiger partial charge in [0.05, 0.1) is 21.0 Å². The smallest absolute Gasteiger partial charge is 0.312 e. The molecule has 0 spiro atoms. The molecule has 1 saturated carbocycles. The highest BCUT2D eigenvalue weighted by atomic mass is 79.9. The van der Waals surface area contributed by atoms with Crippen molar-refractivity contribution in [2.24, 2.45) is 5.41 Å². The molecule has 2 nitrogen and oxygen atoms in total. The van der Waals surface area contributed by atoms with Crippen molar-refractivity contribution in [3.8, 4) is 0 Å². The van der Waals surface area contributed by atoms with E-state index >= 15 is 0 Å². The fraction of sp³-hybridized carbons (Fsp3) is 0.318. The molecule has 0 aliphatic heterocycles. The van der Waals surface area contributed by atoms with Gasteiger partial charge in [0.1, 0.15) is 6.29 Å². The second kappa shape index (κ2) is 9.84. The van der Waals surface area contributed by atoms with Crippen molar-refractivity contribution < 1.29 is 18.0 Å². The van der Waals surface area contributed by atoms with Gasteiger partial charge in [0.2, 0.25) is 0 Å². The first-order valence-electron chi connectivity index (χ1n) is 9.39. The van der Waals surface area contributed by atoms with Crippen LogP contribution in [0.2, 0.25) is 15.1 Å². The maximum atomic E-state index is 13.7. The van der Waals surface area contributed by atoms with Crippen molar-refractivity contribution in [1.29, 1.82) is 0 Å². The van der Waals surface area contributed by atoms with E-state index in [1.807, 2.05) is 6.07 Å². The number of hydrogen-bond acceptors (Lipinski definition) is 2. The number of alkyl halides is 3. The number of allylic oxidation sites excluding steroid dienone is 1. The maximum Gasteiger partial charge on any atom is 0.399 e. The normalized spacial score (nSPS) is 16.5. The molecule has 1 aliphatic carbocycles. The summed E-state index contributed by atoms with van der Waals surface area (Å²) in [6.07, 6.45) is 0.743. The number of rotatable bonds is 8. The van der Waals surface area contributed by atoms with Crippen molar-refractivity contribution in [1.82, 2.24) is 5.32 Å². The van der Waals surface area contributed by atoms with E-state index in [2.05, 4.69) is 21.2 Å². The number of aldehydes is 1. The van der Waals surface area contributed by atoms with E-state index in [9.17, 15) is 18.0 Å². The van der Waals surface area contributed by atoms with E-state index in [0.717, 1.165) is 35.2 Å². The highest BCUT2D eigenvalue weighted by molar-refractivity contribution is 9.10. The van der Waals surface area contributed by atoms with Gasteiger partial charge >= 0.3 is 6.18 Å². The first kappa shape index (κ1) is 24.6. The van der Waals surface area contributed by atoms with E-state index in [4.69, 9.17) is 34.8 Å². The minimum absolute atomic E-state index is 0.0193. The molecular weight excluding hydrogens is 538 g/mol. The van der Waals surface area contributed by atoms with Crippen LogP contribution in [-0.4, -0.2) is 19.0 Å². The Labute approximate surface area is 201 Å². The predicted octanol–water partition coefficient (Wildman–Crippen LogP) is 7.84. The molecule has 1 aliphatic rings. The average molecular weight is 556 g/mol. The quantitative estimate of drug-likeness (QED) is 0.266. The van der Waals surface area contributed by atoms with Gasteiger partial charge in [-0.3, -0.25) is 0 Å². The molecule has 1 atom stereocenters. The third-order valence-electron chi connectivity index (χ3n) is 5.21. The number of benzene rings is 2. The van der Waals surface area contributed by atoms with Crippen LogP contribution in [0.5, 0.6) is 0 Å². The van der Waals surface area contributed by atoms with Crippen molar-refractivity contribution in [3.63, 3.8) is 0 Å². The number of halogens is 7. The van der Waals surface area contributed by atoms with Crippen molar-refractivity contribution in [2.45, 2.75) is 31.5 Å². The molecule has 1 N–H and O–H groups in total. The fourth-order valence-electron chi connectivity index (χ4n) is 3.12. The minimum atomic E-state index is -4.53. The molecule has 1 fully saturated rings. The largest absolute Gasteiger partial charge is 0.399 e. The van der Waals surface area contributed by atoms with Crippen LogP contribution in [0.25, 0.3) is 6.08 Å². The number of carbonyl (C=O) groups excluding carboxylic acids is 1. The summed E-state index contributed by atoms with van der Waals surface area (Å²) in [4.78, 5) is 11.0. The summed E-state index contributed by atoms with van der Waals surface area (Å²) in [5, 5.41) is 3.21. The van der Waals surface area contributed by atoms with Crippen LogP contribution in [0.4, 0.5) is 13.2 Å². The lowest BCUT2D eigenvalue weighted by atomic mass is 9.97. The van der Waals surface area contributed by atoms with Gasteiger partial charge in [0, 0.05) is 23.0 Å². The van der Waals surface area contributed by atoms with E-state index < -0.39 is 12.1 Å². The molecule has 166 valence electrons. The Morgan fingerprint density at radius 3 is 2.29 bits per heavy atom. The number of hydrogen-bond donors (Lipinski definition) is 1. The first-order valence-corrected chi connectivity index (χ1v) is 11.3. The molecule has 1 unspecified atom stereocenters. The van der Waals surface area contributed by atoms with Crippen LogP contribution >= 0.6 is 50.7 Å². The third kappa shape index (κ3) is 6.26. The predicted molar refractivity (Wildman–Crippen MR) is 123 cm³/mol. The highest BCUT2D eigenvalue weighted by Crippen LogP contribution is 2.43. The summed E-state index contributed by atoms with van der Waals surface area (Å²) in [6, 6.07) is 7.66. The highest BCUT2D eigenvalue weighted by Gasteiger charge is 2.42. The SMILES string of the molecule is O=CC1(CNCc2ccc(/C=C/C(c3cc(Cl)c(Cl)c(Cl)c3)C(F)(F)F)cc2Br)CC1. The summed E-state index contributed by atoms with van der Waals surface area (Å²) in [7, 11) is 0. The minimum Gasteiger partial charge on any atom is -0.312 e. The monoisotopic (exact) mass is 553 g/mol. The molecule has 31 heavy (non-hydrogen) atoms. The Balaban J connectivity index is 1.75. The second-order valence-corrected chi connectivity index (χ2v) is 9.66. The van der Waals surface area contributed by atoms with Gasteiger partial charge in [0.25, 0.3) is 0 Å². The lowest BCUT2D eigenvalue weighted by Crippen LogP contribution is -2.24. The van der Waals surface area contributed by atoms with Crippen LogP contribution in [0, 0.1) is 5.41 Å². The molecule has 9 heteroatoms. The number of nitrogens with one attached hydrogen (secondary N) is 1. The second-order valence-electron chi connectivity index (χ2n) is 7.61. The Morgan fingerprint density at radius 1 is 1.13 bits per heavy atom. The van der Waals surface area contributed by atoms with Crippen LogP contribution in [0.1, 0.15) is 35.4 Å². The van der Waals surface area contributed by atoms with Gasteiger partial charge in [-0.2, -0.15) is 13.2 Å². The molecular formula is C22H18BrCl3F3NO. The summed E-state index contributed by atoms with van der Waals surface area (Å²) in [6.45, 7) is 1.16. The average Bonchev–Trinajstić information content (AvgIpc) is 3.47. The summed E-state index contributed by atoms with van der Waals surface area (Å²) >= 11 is 21.1. The molecule has 0 heterocycles. The standard InChI is InChI=1S/C22H18BrCl3F3NO/c23-17-7-13(1-3-14(17)10-30-11-21(12-31)5-6-21)2-4-16(22(27,28)29)15-8-18(24)20(26)19(25)9-15/h1-4,7-9,12,16,30H,5-6,10-11H2/b4-2+. The maximum absolute atomic E-state index is 13.7. The van der Waals surface area contributed by atoms with E-state index in [1.165, 1.54) is 18.2 Å². The fourth-order valence-corrected chi connectivity index (χ4v) is 4.27. The topological polar surface area (TPSA) is 29.1 Å². The third-order valence-corrected chi connectivity index (χ3v) is 7.15. The Bertz CT molecular complexity index is 983.